The van der Waals surface area contributed by atoms with Gasteiger partial charge in [-0.2, -0.15) is 0 Å². The van der Waals surface area contributed by atoms with Crippen molar-refractivity contribution in [3.05, 3.63) is 83.9 Å². The van der Waals surface area contributed by atoms with Crippen LogP contribution in [0, 0.1) is 0 Å². The topological polar surface area (TPSA) is 3.24 Å². The highest BCUT2D eigenvalue weighted by Gasteiger charge is 2.13. The molecule has 1 nitrogen and oxygen atoms in total. The van der Waals surface area contributed by atoms with Gasteiger partial charge in [-0.3, -0.25) is 0 Å². The second-order valence-corrected chi connectivity index (χ2v) is 6.23. The van der Waals surface area contributed by atoms with Gasteiger partial charge in [0.05, 0.1) is 0 Å². The molecule has 0 aliphatic carbocycles. The molecule has 1 saturated heterocycles. The first-order chi connectivity index (χ1) is 11.4. The number of anilines is 1. The van der Waals surface area contributed by atoms with Crippen molar-refractivity contribution < 1.29 is 0 Å². The van der Waals surface area contributed by atoms with E-state index in [1.54, 1.807) is 5.57 Å². The maximum atomic E-state index is 2.48. The van der Waals surface area contributed by atoms with E-state index in [1.165, 1.54) is 22.0 Å². The van der Waals surface area contributed by atoms with Crippen molar-refractivity contribution in [2.24, 2.45) is 0 Å². The maximum absolute atomic E-state index is 2.48. The van der Waals surface area contributed by atoms with Gasteiger partial charge in [-0.15, -0.1) is 0 Å². The van der Waals surface area contributed by atoms with Crippen molar-refractivity contribution in [2.75, 3.05) is 18.0 Å². The Morgan fingerprint density at radius 3 is 2.17 bits per heavy atom. The Balaban J connectivity index is 1.49. The molecule has 0 amide bonds. The molecule has 114 valence electrons. The van der Waals surface area contributed by atoms with Crippen LogP contribution in [0.2, 0.25) is 0 Å². The van der Waals surface area contributed by atoms with E-state index >= 15 is 0 Å². The molecule has 0 unspecified atom stereocenters. The standard InChI is InChI=1S/C22H21N/c1-2-8-22(9-3-1)23-14-12-18(13-15-23)16-19-10-11-20-6-4-5-7-21(20)17-19/h1-11,16-17H,12-15H2. The number of para-hydroxylation sites is 1. The summed E-state index contributed by atoms with van der Waals surface area (Å²) in [6.07, 6.45) is 4.69. The second-order valence-electron chi connectivity index (χ2n) is 6.23. The molecule has 3 aromatic carbocycles. The summed E-state index contributed by atoms with van der Waals surface area (Å²) in [5.41, 5.74) is 4.23. The second kappa shape index (κ2) is 6.29. The third kappa shape index (κ3) is 3.14. The molecule has 1 heterocycles. The van der Waals surface area contributed by atoms with Gasteiger partial charge in [-0.25, -0.2) is 0 Å². The number of hydrogen-bond acceptors (Lipinski definition) is 1. The minimum atomic E-state index is 1.11. The van der Waals surface area contributed by atoms with E-state index in [0.29, 0.717) is 0 Å². The molecule has 4 rings (SSSR count). The highest BCUT2D eigenvalue weighted by Crippen LogP contribution is 2.25. The molecule has 1 aliphatic heterocycles. The summed E-state index contributed by atoms with van der Waals surface area (Å²) < 4.78 is 0. The zero-order valence-electron chi connectivity index (χ0n) is 13.3. The van der Waals surface area contributed by atoms with Crippen LogP contribution in [0.4, 0.5) is 5.69 Å². The van der Waals surface area contributed by atoms with E-state index < -0.39 is 0 Å². The number of fused-ring (bicyclic) bond motifs is 1. The number of piperidine rings is 1. The average Bonchev–Trinajstić information content (AvgIpc) is 2.63. The Hall–Kier alpha value is -2.54. The van der Waals surface area contributed by atoms with Gasteiger partial charge in [0.1, 0.15) is 0 Å². The van der Waals surface area contributed by atoms with Crippen LogP contribution in [0.25, 0.3) is 16.8 Å². The smallest absolute Gasteiger partial charge is 0.0366 e. The van der Waals surface area contributed by atoms with Gasteiger partial charge < -0.3 is 4.90 Å². The summed E-state index contributed by atoms with van der Waals surface area (Å²) in [6.45, 7) is 2.23. The molecular weight excluding hydrogens is 278 g/mol. The third-order valence-corrected chi connectivity index (χ3v) is 4.67. The van der Waals surface area contributed by atoms with E-state index in [-0.39, 0.29) is 0 Å². The summed E-state index contributed by atoms with van der Waals surface area (Å²) in [5.74, 6) is 0. The fourth-order valence-corrected chi connectivity index (χ4v) is 3.37. The Morgan fingerprint density at radius 2 is 1.39 bits per heavy atom. The Morgan fingerprint density at radius 1 is 0.696 bits per heavy atom. The van der Waals surface area contributed by atoms with E-state index in [4.69, 9.17) is 0 Å². The molecule has 0 atom stereocenters. The Labute approximate surface area is 137 Å². The van der Waals surface area contributed by atoms with Gasteiger partial charge in [0.2, 0.25) is 0 Å². The predicted molar refractivity (Wildman–Crippen MR) is 99.8 cm³/mol. The summed E-state index contributed by atoms with van der Waals surface area (Å²) in [4.78, 5) is 2.48. The van der Waals surface area contributed by atoms with Gasteiger partial charge in [0, 0.05) is 18.8 Å². The Kier molecular flexibility index (Phi) is 3.85. The molecule has 0 spiro atoms. The van der Waals surface area contributed by atoms with Crippen LogP contribution in [-0.4, -0.2) is 13.1 Å². The number of nitrogens with zero attached hydrogens (tertiary/aromatic N) is 1. The molecule has 0 aromatic heterocycles. The molecule has 0 N–H and O–H groups in total. The zero-order valence-corrected chi connectivity index (χ0v) is 13.3. The molecule has 1 aliphatic rings. The van der Waals surface area contributed by atoms with E-state index in [2.05, 4.69) is 83.8 Å². The molecule has 0 bridgehead atoms. The largest absolute Gasteiger partial charge is 0.371 e. The van der Waals surface area contributed by atoms with Crippen molar-refractivity contribution in [1.29, 1.82) is 0 Å². The van der Waals surface area contributed by atoms with Gasteiger partial charge in [0.15, 0.2) is 0 Å². The number of benzene rings is 3. The molecule has 1 heteroatoms. The van der Waals surface area contributed by atoms with Crippen LogP contribution in [0.15, 0.2) is 78.4 Å². The normalized spacial score (nSPS) is 15.0. The lowest BCUT2D eigenvalue weighted by atomic mass is 9.99. The fourth-order valence-electron chi connectivity index (χ4n) is 3.37. The van der Waals surface area contributed by atoms with E-state index in [9.17, 15) is 0 Å². The Bertz CT molecular complexity index is 823. The minimum absolute atomic E-state index is 1.11. The predicted octanol–water partition coefficient (Wildman–Crippen LogP) is 5.52. The number of hydrogen-bond donors (Lipinski definition) is 0. The summed E-state index contributed by atoms with van der Waals surface area (Å²) in [7, 11) is 0. The van der Waals surface area contributed by atoms with Crippen molar-refractivity contribution in [2.45, 2.75) is 12.8 Å². The highest BCUT2D eigenvalue weighted by molar-refractivity contribution is 5.84. The lowest BCUT2D eigenvalue weighted by Crippen LogP contribution is -2.30. The van der Waals surface area contributed by atoms with Crippen LogP contribution >= 0.6 is 0 Å². The van der Waals surface area contributed by atoms with E-state index in [1.807, 2.05) is 0 Å². The van der Waals surface area contributed by atoms with E-state index in [0.717, 1.165) is 25.9 Å². The maximum Gasteiger partial charge on any atom is 0.0366 e. The summed E-state index contributed by atoms with van der Waals surface area (Å²) >= 11 is 0. The van der Waals surface area contributed by atoms with Crippen molar-refractivity contribution in [3.63, 3.8) is 0 Å². The lowest BCUT2D eigenvalue weighted by molar-refractivity contribution is 0.689. The molecule has 3 aromatic rings. The molecule has 0 radical (unpaired) electrons. The van der Waals surface area contributed by atoms with Crippen molar-refractivity contribution >= 4 is 22.5 Å². The molecule has 1 fully saturated rings. The quantitative estimate of drug-likeness (QED) is 0.602. The molecule has 0 saturated carbocycles. The SMILES string of the molecule is C(=C1CCN(c2ccccc2)CC1)c1ccc2ccccc2c1. The van der Waals surface area contributed by atoms with Crippen molar-refractivity contribution in [3.8, 4) is 0 Å². The lowest BCUT2D eigenvalue weighted by Gasteiger charge is -2.30. The fraction of sp³-hybridized carbons (Fsp3) is 0.182. The van der Waals surface area contributed by atoms with Crippen LogP contribution in [-0.2, 0) is 0 Å². The van der Waals surface area contributed by atoms with Gasteiger partial charge in [-0.05, 0) is 47.4 Å². The summed E-state index contributed by atoms with van der Waals surface area (Å²) in [5, 5.41) is 2.64. The summed E-state index contributed by atoms with van der Waals surface area (Å²) in [6, 6.07) is 26.1. The zero-order chi connectivity index (χ0) is 15.5. The van der Waals surface area contributed by atoms with Crippen LogP contribution < -0.4 is 4.90 Å². The van der Waals surface area contributed by atoms with Gasteiger partial charge in [0.25, 0.3) is 0 Å². The van der Waals surface area contributed by atoms with Crippen molar-refractivity contribution in [1.82, 2.24) is 0 Å². The third-order valence-electron chi connectivity index (χ3n) is 4.67. The van der Waals surface area contributed by atoms with Crippen LogP contribution in [0.1, 0.15) is 18.4 Å². The molecule has 23 heavy (non-hydrogen) atoms. The molecular formula is C22H21N. The first-order valence-corrected chi connectivity index (χ1v) is 8.37. The monoisotopic (exact) mass is 299 g/mol. The first kappa shape index (κ1) is 14.1. The van der Waals surface area contributed by atoms with Gasteiger partial charge >= 0.3 is 0 Å². The number of rotatable bonds is 2. The van der Waals surface area contributed by atoms with Crippen LogP contribution in [0.3, 0.4) is 0 Å². The highest BCUT2D eigenvalue weighted by atomic mass is 15.1. The first-order valence-electron chi connectivity index (χ1n) is 8.37. The van der Waals surface area contributed by atoms with Crippen LogP contribution in [0.5, 0.6) is 0 Å². The average molecular weight is 299 g/mol. The minimum Gasteiger partial charge on any atom is -0.371 e. The van der Waals surface area contributed by atoms with Gasteiger partial charge in [-0.1, -0.05) is 66.2 Å².